The molecule has 0 bridgehead atoms. The van der Waals surface area contributed by atoms with Gasteiger partial charge in [-0.25, -0.2) is 4.79 Å². The fourth-order valence-electron chi connectivity index (χ4n) is 0.651. The molecule has 0 saturated carbocycles. The van der Waals surface area contributed by atoms with E-state index in [1.807, 2.05) is 0 Å². The van der Waals surface area contributed by atoms with Crippen LogP contribution in [0.1, 0.15) is 10.4 Å². The summed E-state index contributed by atoms with van der Waals surface area (Å²) in [4.78, 5) is 10.5. The second-order valence-electron chi connectivity index (χ2n) is 1.96. The summed E-state index contributed by atoms with van der Waals surface area (Å²) in [5.74, 6) is -0.905. The van der Waals surface area contributed by atoms with E-state index in [0.29, 0.717) is 0 Å². The molecule has 2 N–H and O–H groups in total. The zero-order valence-electron chi connectivity index (χ0n) is 6.20. The average Bonchev–Trinajstić information content (AvgIpc) is 2.05. The number of hydrogen-bond acceptors (Lipinski definition) is 4. The van der Waals surface area contributed by atoms with E-state index < -0.39 is 5.97 Å². The first-order valence-electron chi connectivity index (χ1n) is 3.02. The molecule has 0 amide bonds. The third-order valence-electron chi connectivity index (χ3n) is 1.22. The van der Waals surface area contributed by atoms with E-state index in [1.165, 1.54) is 13.2 Å². The summed E-state index contributed by atoms with van der Waals surface area (Å²) in [7, 11) is 1.39. The molecule has 1 rings (SSSR count). The molecular weight excluding hydrogens is 180 g/mol. The van der Waals surface area contributed by atoms with E-state index in [4.69, 9.17) is 9.84 Å². The van der Waals surface area contributed by atoms with E-state index >= 15 is 0 Å². The summed E-state index contributed by atoms with van der Waals surface area (Å²) in [5, 5.41) is 14.6. The zero-order valence-corrected chi connectivity index (χ0v) is 7.01. The summed E-state index contributed by atoms with van der Waals surface area (Å²) in [6, 6.07) is 1.27. The van der Waals surface area contributed by atoms with Crippen LogP contribution in [-0.2, 0) is 0 Å². The van der Waals surface area contributed by atoms with Gasteiger partial charge in [-0.1, -0.05) is 12.2 Å². The van der Waals surface area contributed by atoms with Crippen LogP contribution >= 0.6 is 12.2 Å². The largest absolute Gasteiger partial charge is 0.480 e. The van der Waals surface area contributed by atoms with Gasteiger partial charge in [0.25, 0.3) is 0 Å². The zero-order chi connectivity index (χ0) is 9.14. The summed E-state index contributed by atoms with van der Waals surface area (Å²) in [5.41, 5.74) is -0.0168. The lowest BCUT2D eigenvalue weighted by molar-refractivity contribution is 0.0695. The maximum Gasteiger partial charge on any atom is 0.338 e. The van der Waals surface area contributed by atoms with E-state index in [0.717, 1.165) is 0 Å². The van der Waals surface area contributed by atoms with Crippen LogP contribution in [0.5, 0.6) is 5.88 Å². The highest BCUT2D eigenvalue weighted by Crippen LogP contribution is 2.07. The maximum atomic E-state index is 10.5. The fourth-order valence-corrected chi connectivity index (χ4v) is 0.843. The number of carbonyl (C=O) groups is 1. The van der Waals surface area contributed by atoms with Gasteiger partial charge in [-0.05, 0) is 0 Å². The smallest absolute Gasteiger partial charge is 0.338 e. The number of carboxylic acids is 1. The number of ether oxygens (including phenoxy) is 1. The van der Waals surface area contributed by atoms with E-state index in [1.54, 1.807) is 0 Å². The van der Waals surface area contributed by atoms with Gasteiger partial charge in [0.2, 0.25) is 5.88 Å². The van der Waals surface area contributed by atoms with Crippen LogP contribution < -0.4 is 4.74 Å². The van der Waals surface area contributed by atoms with E-state index in [9.17, 15) is 4.79 Å². The van der Waals surface area contributed by atoms with Crippen molar-refractivity contribution in [3.05, 3.63) is 16.3 Å². The molecule has 6 heteroatoms. The Morgan fingerprint density at radius 3 is 3.00 bits per heavy atom. The topological polar surface area (TPSA) is 75.2 Å². The molecule has 0 aliphatic carbocycles. The third-order valence-corrected chi connectivity index (χ3v) is 1.53. The minimum atomic E-state index is -1.10. The molecule has 1 heterocycles. The molecule has 0 aromatic carbocycles. The minimum absolute atomic E-state index is 0.0168. The van der Waals surface area contributed by atoms with Gasteiger partial charge in [0, 0.05) is 6.07 Å². The molecule has 1 aromatic heterocycles. The second kappa shape index (κ2) is 3.31. The van der Waals surface area contributed by atoms with Crippen molar-refractivity contribution in [3.63, 3.8) is 0 Å². The summed E-state index contributed by atoms with van der Waals surface area (Å²) in [6.07, 6.45) is 0. The van der Waals surface area contributed by atoms with Crippen molar-refractivity contribution >= 4 is 18.2 Å². The molecule has 0 fully saturated rings. The Kier molecular flexibility index (Phi) is 2.39. The number of aromatic carboxylic acids is 1. The number of methoxy groups -OCH3 is 1. The van der Waals surface area contributed by atoms with Crippen molar-refractivity contribution in [2.75, 3.05) is 7.11 Å². The summed E-state index contributed by atoms with van der Waals surface area (Å²) >= 11 is 4.68. The van der Waals surface area contributed by atoms with Crippen LogP contribution in [0, 0.1) is 4.64 Å². The van der Waals surface area contributed by atoms with Crippen LogP contribution in [0.4, 0.5) is 0 Å². The van der Waals surface area contributed by atoms with Crippen molar-refractivity contribution < 1.29 is 14.6 Å². The highest BCUT2D eigenvalue weighted by atomic mass is 32.1. The van der Waals surface area contributed by atoms with Crippen molar-refractivity contribution in [2.24, 2.45) is 0 Å². The van der Waals surface area contributed by atoms with Gasteiger partial charge >= 0.3 is 5.97 Å². The van der Waals surface area contributed by atoms with Gasteiger partial charge in [-0.2, -0.15) is 0 Å². The molecule has 1 aromatic rings. The lowest BCUT2D eigenvalue weighted by atomic mass is 10.3. The normalized spacial score (nSPS) is 9.42. The Morgan fingerprint density at radius 2 is 2.50 bits per heavy atom. The Bertz CT molecular complexity index is 360. The van der Waals surface area contributed by atoms with Crippen molar-refractivity contribution in [1.29, 1.82) is 0 Å². The average molecular weight is 186 g/mol. The number of hydrogen-bond donors (Lipinski definition) is 2. The molecule has 64 valence electrons. The van der Waals surface area contributed by atoms with Crippen LogP contribution in [0.2, 0.25) is 0 Å². The van der Waals surface area contributed by atoms with Gasteiger partial charge in [-0.15, -0.1) is 5.10 Å². The standard InChI is InChI=1S/C6H6N2O3S/c1-11-4-2-3(6(9)10)5(12)8-7-4/h2H,1H3,(H,8,12)(H,9,10). The van der Waals surface area contributed by atoms with Crippen molar-refractivity contribution in [3.8, 4) is 5.88 Å². The van der Waals surface area contributed by atoms with Gasteiger partial charge in [-0.3, -0.25) is 5.10 Å². The Labute approximate surface area is 73.0 Å². The molecule has 0 saturated heterocycles. The van der Waals surface area contributed by atoms with Crippen LogP contribution in [-0.4, -0.2) is 28.4 Å². The van der Waals surface area contributed by atoms with Crippen LogP contribution in [0.3, 0.4) is 0 Å². The van der Waals surface area contributed by atoms with E-state index in [-0.39, 0.29) is 16.1 Å². The Morgan fingerprint density at radius 1 is 1.83 bits per heavy atom. The van der Waals surface area contributed by atoms with Crippen LogP contribution in [0.25, 0.3) is 0 Å². The molecular formula is C6H6N2O3S. The highest BCUT2D eigenvalue weighted by molar-refractivity contribution is 7.71. The first-order valence-corrected chi connectivity index (χ1v) is 3.43. The lowest BCUT2D eigenvalue weighted by Gasteiger charge is -1.98. The molecule has 0 unspecified atom stereocenters. The number of H-pyrrole nitrogens is 1. The molecule has 0 radical (unpaired) electrons. The number of aromatic amines is 1. The lowest BCUT2D eigenvalue weighted by Crippen LogP contribution is -2.01. The van der Waals surface area contributed by atoms with Crippen LogP contribution in [0.15, 0.2) is 6.07 Å². The molecule has 0 spiro atoms. The number of aromatic nitrogens is 2. The van der Waals surface area contributed by atoms with Gasteiger partial charge in [0.05, 0.1) is 7.11 Å². The molecule has 0 atom stereocenters. The van der Waals surface area contributed by atoms with Gasteiger partial charge < -0.3 is 9.84 Å². The Hall–Kier alpha value is -1.43. The van der Waals surface area contributed by atoms with Crippen molar-refractivity contribution in [1.82, 2.24) is 10.2 Å². The first kappa shape index (κ1) is 8.66. The monoisotopic (exact) mass is 186 g/mol. The molecule has 0 aliphatic heterocycles. The Balaban J connectivity index is 3.26. The highest BCUT2D eigenvalue weighted by Gasteiger charge is 2.07. The number of rotatable bonds is 2. The van der Waals surface area contributed by atoms with Crippen molar-refractivity contribution in [2.45, 2.75) is 0 Å². The maximum absolute atomic E-state index is 10.5. The second-order valence-corrected chi connectivity index (χ2v) is 2.37. The predicted octanol–water partition coefficient (Wildman–Crippen LogP) is 0.846. The SMILES string of the molecule is COc1cc(C(=O)O)c(=S)[nH]n1. The third kappa shape index (κ3) is 1.59. The first-order chi connectivity index (χ1) is 5.65. The number of nitrogens with zero attached hydrogens (tertiary/aromatic N) is 1. The molecule has 12 heavy (non-hydrogen) atoms. The summed E-state index contributed by atoms with van der Waals surface area (Å²) in [6.45, 7) is 0. The van der Waals surface area contributed by atoms with Gasteiger partial charge in [0.15, 0.2) is 0 Å². The fraction of sp³-hybridized carbons (Fsp3) is 0.167. The quantitative estimate of drug-likeness (QED) is 0.669. The number of nitrogens with one attached hydrogen (secondary N) is 1. The molecule has 5 nitrogen and oxygen atoms in total. The van der Waals surface area contributed by atoms with Gasteiger partial charge in [0.1, 0.15) is 10.2 Å². The summed E-state index contributed by atoms with van der Waals surface area (Å²) < 4.78 is 4.79. The van der Waals surface area contributed by atoms with E-state index in [2.05, 4.69) is 22.4 Å². The number of carboxylic acid groups (broad SMARTS) is 1. The minimum Gasteiger partial charge on any atom is -0.480 e. The molecule has 0 aliphatic rings. The predicted molar refractivity (Wildman–Crippen MR) is 42.9 cm³/mol.